The van der Waals surface area contributed by atoms with Crippen molar-refractivity contribution in [1.29, 1.82) is 0 Å². The highest BCUT2D eigenvalue weighted by Crippen LogP contribution is 2.38. The molecular formula is C27H24N2O5S. The van der Waals surface area contributed by atoms with E-state index in [1.54, 1.807) is 24.3 Å². The Morgan fingerprint density at radius 3 is 2.37 bits per heavy atom. The molecule has 0 saturated carbocycles. The van der Waals surface area contributed by atoms with Crippen LogP contribution in [0.25, 0.3) is 0 Å². The smallest absolute Gasteiger partial charge is 0.338 e. The maximum atomic E-state index is 13.5. The molecule has 4 rings (SSSR count). The van der Waals surface area contributed by atoms with Crippen LogP contribution in [0.15, 0.2) is 88.3 Å². The van der Waals surface area contributed by atoms with Crippen LogP contribution in [0.1, 0.15) is 29.3 Å². The van der Waals surface area contributed by atoms with E-state index in [9.17, 15) is 19.5 Å². The molecule has 2 N–H and O–H groups in total. The average Bonchev–Trinajstić information content (AvgIpc) is 3.08. The summed E-state index contributed by atoms with van der Waals surface area (Å²) in [6.07, 6.45) is 0.711. The molecular weight excluding hydrogens is 464 g/mol. The molecule has 1 aliphatic heterocycles. The van der Waals surface area contributed by atoms with Gasteiger partial charge in [-0.1, -0.05) is 42.4 Å². The molecule has 1 heterocycles. The van der Waals surface area contributed by atoms with E-state index in [-0.39, 0.29) is 16.4 Å². The normalized spacial score (nSPS) is 13.4. The third-order valence-electron chi connectivity index (χ3n) is 5.20. The standard InChI is InChI=1S/C27H24N2O5S/c1-3-15-34-27(33)18-9-11-20(12-10-18)29-25(31)23(28-19-5-4-6-21(30)16-19)24(26(29)32)35-22-13-7-17(2)8-14-22/h4-14,16,28,30H,3,15H2,1-2H3. The summed E-state index contributed by atoms with van der Waals surface area (Å²) < 4.78 is 5.14. The number of phenols is 1. The minimum absolute atomic E-state index is 0.0301. The summed E-state index contributed by atoms with van der Waals surface area (Å²) in [6.45, 7) is 4.19. The molecule has 35 heavy (non-hydrogen) atoms. The minimum atomic E-state index is -0.533. The summed E-state index contributed by atoms with van der Waals surface area (Å²) in [5, 5.41) is 12.8. The highest BCUT2D eigenvalue weighted by molar-refractivity contribution is 8.04. The van der Waals surface area contributed by atoms with E-state index in [1.807, 2.05) is 38.1 Å². The van der Waals surface area contributed by atoms with Crippen molar-refractivity contribution in [2.45, 2.75) is 25.2 Å². The number of hydrogen-bond acceptors (Lipinski definition) is 7. The number of rotatable bonds is 8. The van der Waals surface area contributed by atoms with Crippen LogP contribution in [0.4, 0.5) is 11.4 Å². The number of nitrogens with zero attached hydrogens (tertiary/aromatic N) is 1. The van der Waals surface area contributed by atoms with E-state index in [0.29, 0.717) is 30.0 Å². The van der Waals surface area contributed by atoms with E-state index in [4.69, 9.17) is 4.74 Å². The number of aryl methyl sites for hydroxylation is 1. The maximum absolute atomic E-state index is 13.5. The number of thioether (sulfide) groups is 1. The Morgan fingerprint density at radius 1 is 1.00 bits per heavy atom. The van der Waals surface area contributed by atoms with Crippen LogP contribution in [0.3, 0.4) is 0 Å². The van der Waals surface area contributed by atoms with Gasteiger partial charge in [-0.2, -0.15) is 0 Å². The van der Waals surface area contributed by atoms with Crippen LogP contribution in [0.2, 0.25) is 0 Å². The Kier molecular flexibility index (Phi) is 7.22. The quantitative estimate of drug-likeness (QED) is 0.330. The molecule has 0 radical (unpaired) electrons. The predicted molar refractivity (Wildman–Crippen MR) is 135 cm³/mol. The van der Waals surface area contributed by atoms with Crippen molar-refractivity contribution in [3.8, 4) is 5.75 Å². The summed E-state index contributed by atoms with van der Waals surface area (Å²) in [7, 11) is 0. The summed E-state index contributed by atoms with van der Waals surface area (Å²) in [5.74, 6) is -1.45. The van der Waals surface area contributed by atoms with Crippen LogP contribution in [-0.2, 0) is 14.3 Å². The molecule has 0 atom stereocenters. The van der Waals surface area contributed by atoms with Gasteiger partial charge >= 0.3 is 5.97 Å². The Labute approximate surface area is 207 Å². The third kappa shape index (κ3) is 5.38. The minimum Gasteiger partial charge on any atom is -0.508 e. The summed E-state index contributed by atoms with van der Waals surface area (Å²) in [6, 6.07) is 20.1. The number of esters is 1. The molecule has 0 aliphatic carbocycles. The van der Waals surface area contributed by atoms with Gasteiger partial charge < -0.3 is 15.2 Å². The second-order valence-electron chi connectivity index (χ2n) is 7.92. The van der Waals surface area contributed by atoms with E-state index in [2.05, 4.69) is 5.32 Å². The first-order valence-corrected chi connectivity index (χ1v) is 11.9. The number of nitrogens with one attached hydrogen (secondary N) is 1. The average molecular weight is 489 g/mol. The summed E-state index contributed by atoms with van der Waals surface area (Å²) in [5.41, 5.74) is 2.33. The molecule has 0 saturated heterocycles. The van der Waals surface area contributed by atoms with Gasteiger partial charge in [-0.15, -0.1) is 0 Å². The number of benzene rings is 3. The van der Waals surface area contributed by atoms with E-state index in [0.717, 1.165) is 15.4 Å². The first kappa shape index (κ1) is 24.1. The fourth-order valence-electron chi connectivity index (χ4n) is 3.43. The lowest BCUT2D eigenvalue weighted by Gasteiger charge is -2.16. The van der Waals surface area contributed by atoms with Gasteiger partial charge in [0.15, 0.2) is 0 Å². The molecule has 7 nitrogen and oxygen atoms in total. The number of ether oxygens (including phenoxy) is 1. The lowest BCUT2D eigenvalue weighted by Crippen LogP contribution is -2.32. The molecule has 0 aromatic heterocycles. The van der Waals surface area contributed by atoms with Gasteiger partial charge in [0.25, 0.3) is 11.8 Å². The van der Waals surface area contributed by atoms with Crippen LogP contribution in [0, 0.1) is 6.92 Å². The summed E-state index contributed by atoms with van der Waals surface area (Å²) in [4.78, 5) is 41.1. The number of amides is 2. The lowest BCUT2D eigenvalue weighted by molar-refractivity contribution is -0.120. The number of anilines is 2. The second-order valence-corrected chi connectivity index (χ2v) is 9.01. The van der Waals surface area contributed by atoms with Crippen molar-refractivity contribution in [2.75, 3.05) is 16.8 Å². The van der Waals surface area contributed by atoms with Gasteiger partial charge in [0, 0.05) is 16.6 Å². The zero-order valence-electron chi connectivity index (χ0n) is 19.3. The van der Waals surface area contributed by atoms with Crippen LogP contribution in [-0.4, -0.2) is 29.5 Å². The number of hydrogen-bond donors (Lipinski definition) is 2. The van der Waals surface area contributed by atoms with Crippen molar-refractivity contribution < 1.29 is 24.2 Å². The fourth-order valence-corrected chi connectivity index (χ4v) is 4.35. The first-order valence-electron chi connectivity index (χ1n) is 11.1. The Hall–Kier alpha value is -4.04. The number of carbonyl (C=O) groups is 3. The van der Waals surface area contributed by atoms with Gasteiger partial charge in [0.05, 0.1) is 17.9 Å². The largest absolute Gasteiger partial charge is 0.508 e. The van der Waals surface area contributed by atoms with Gasteiger partial charge in [-0.3, -0.25) is 9.59 Å². The van der Waals surface area contributed by atoms with Crippen molar-refractivity contribution in [1.82, 2.24) is 0 Å². The molecule has 0 spiro atoms. The van der Waals surface area contributed by atoms with E-state index >= 15 is 0 Å². The molecule has 8 heteroatoms. The SMILES string of the molecule is CCCOC(=O)c1ccc(N2C(=O)C(Nc3cccc(O)c3)=C(Sc3ccc(C)cc3)C2=O)cc1. The molecule has 3 aromatic rings. The zero-order valence-corrected chi connectivity index (χ0v) is 20.1. The van der Waals surface area contributed by atoms with Crippen molar-refractivity contribution >= 4 is 40.9 Å². The van der Waals surface area contributed by atoms with Gasteiger partial charge in [0.2, 0.25) is 0 Å². The maximum Gasteiger partial charge on any atom is 0.338 e. The number of imide groups is 1. The highest BCUT2D eigenvalue weighted by Gasteiger charge is 2.40. The van der Waals surface area contributed by atoms with Crippen molar-refractivity contribution in [3.63, 3.8) is 0 Å². The highest BCUT2D eigenvalue weighted by atomic mass is 32.2. The lowest BCUT2D eigenvalue weighted by atomic mass is 10.2. The second kappa shape index (κ2) is 10.5. The topological polar surface area (TPSA) is 95.9 Å². The van der Waals surface area contributed by atoms with E-state index < -0.39 is 17.8 Å². The summed E-state index contributed by atoms with van der Waals surface area (Å²) >= 11 is 1.19. The molecule has 178 valence electrons. The Balaban J connectivity index is 1.66. The number of aromatic hydroxyl groups is 1. The molecule has 3 aromatic carbocycles. The van der Waals surface area contributed by atoms with Crippen LogP contribution in [0.5, 0.6) is 5.75 Å². The van der Waals surface area contributed by atoms with Gasteiger partial charge in [-0.25, -0.2) is 9.69 Å². The molecule has 2 amide bonds. The predicted octanol–water partition coefficient (Wildman–Crippen LogP) is 5.26. The van der Waals surface area contributed by atoms with Crippen LogP contribution >= 0.6 is 11.8 Å². The molecule has 0 bridgehead atoms. The molecule has 1 aliphatic rings. The first-order chi connectivity index (χ1) is 16.9. The van der Waals surface area contributed by atoms with E-state index in [1.165, 1.54) is 36.0 Å². The van der Waals surface area contributed by atoms with Crippen molar-refractivity contribution in [2.24, 2.45) is 0 Å². The monoisotopic (exact) mass is 488 g/mol. The van der Waals surface area contributed by atoms with Gasteiger partial charge in [0.1, 0.15) is 16.4 Å². The van der Waals surface area contributed by atoms with Gasteiger partial charge in [-0.05, 0) is 61.9 Å². The van der Waals surface area contributed by atoms with Crippen LogP contribution < -0.4 is 10.2 Å². The Morgan fingerprint density at radius 2 is 1.71 bits per heavy atom. The number of phenolic OH excluding ortho intramolecular Hbond substituents is 1. The Bertz CT molecular complexity index is 1300. The van der Waals surface area contributed by atoms with Crippen molar-refractivity contribution in [3.05, 3.63) is 94.5 Å². The third-order valence-corrected chi connectivity index (χ3v) is 6.29. The molecule has 0 unspecified atom stereocenters. The fraction of sp³-hybridized carbons (Fsp3) is 0.148. The molecule has 0 fully saturated rings. The number of carbonyl (C=O) groups excluding carboxylic acids is 3. The zero-order chi connectivity index (χ0) is 24.9.